The van der Waals surface area contributed by atoms with E-state index in [4.69, 9.17) is 28.6 Å². The van der Waals surface area contributed by atoms with E-state index in [9.17, 15) is 15.2 Å². The van der Waals surface area contributed by atoms with E-state index in [1.807, 2.05) is 0 Å². The number of hydrogen-bond acceptors (Lipinski definition) is 4. The van der Waals surface area contributed by atoms with Crippen LogP contribution in [0.3, 0.4) is 0 Å². The molecule has 0 aliphatic carbocycles. The first-order valence-corrected chi connectivity index (χ1v) is 5.76. The standard InChI is InChI=1S/C11H7Cl2N3O3/c12-5(4-14)1-7-6-2-10(16(18)19)8(13)3-9(6)15-11(7)17/h1-4,14-15,17H/b5-1+,14-4?. The van der Waals surface area contributed by atoms with Crippen molar-refractivity contribution >= 4 is 52.1 Å². The molecule has 1 aromatic carbocycles. The number of allylic oxidation sites excluding steroid dienone is 1. The highest BCUT2D eigenvalue weighted by Crippen LogP contribution is 2.36. The molecule has 6 nitrogen and oxygen atoms in total. The molecule has 0 fully saturated rings. The van der Waals surface area contributed by atoms with Crippen molar-refractivity contribution in [2.75, 3.05) is 0 Å². The predicted molar refractivity (Wildman–Crippen MR) is 74.2 cm³/mol. The normalized spacial score (nSPS) is 11.8. The van der Waals surface area contributed by atoms with Crippen LogP contribution in [0.5, 0.6) is 5.88 Å². The highest BCUT2D eigenvalue weighted by molar-refractivity contribution is 6.41. The molecule has 3 N–H and O–H groups in total. The molecule has 0 radical (unpaired) electrons. The van der Waals surface area contributed by atoms with Crippen LogP contribution in [-0.4, -0.2) is 21.2 Å². The lowest BCUT2D eigenvalue weighted by Gasteiger charge is -1.97. The molecule has 2 aromatic rings. The van der Waals surface area contributed by atoms with Gasteiger partial charge in [0.1, 0.15) is 5.02 Å². The summed E-state index contributed by atoms with van der Waals surface area (Å²) < 4.78 is 0. The fraction of sp³-hybridized carbons (Fsp3) is 0. The van der Waals surface area contributed by atoms with E-state index in [0.717, 1.165) is 6.21 Å². The fourth-order valence-corrected chi connectivity index (χ4v) is 2.02. The van der Waals surface area contributed by atoms with E-state index >= 15 is 0 Å². The van der Waals surface area contributed by atoms with Gasteiger partial charge in [-0.2, -0.15) is 0 Å². The van der Waals surface area contributed by atoms with E-state index in [1.54, 1.807) is 0 Å². The number of nitrogens with one attached hydrogen (secondary N) is 2. The van der Waals surface area contributed by atoms with Crippen molar-refractivity contribution in [2.24, 2.45) is 0 Å². The summed E-state index contributed by atoms with van der Waals surface area (Å²) in [7, 11) is 0. The maximum Gasteiger partial charge on any atom is 0.288 e. The quantitative estimate of drug-likeness (QED) is 0.457. The Labute approximate surface area is 116 Å². The predicted octanol–water partition coefficient (Wildman–Crippen LogP) is 3.66. The summed E-state index contributed by atoms with van der Waals surface area (Å²) in [4.78, 5) is 12.9. The molecule has 0 bridgehead atoms. The molecule has 19 heavy (non-hydrogen) atoms. The number of hydrogen-bond donors (Lipinski definition) is 3. The molecule has 1 aromatic heterocycles. The molecule has 1 heterocycles. The minimum absolute atomic E-state index is 0.0348. The second kappa shape index (κ2) is 4.91. The molecule has 0 amide bonds. The van der Waals surface area contributed by atoms with E-state index < -0.39 is 4.92 Å². The van der Waals surface area contributed by atoms with Crippen LogP contribution in [0.25, 0.3) is 17.0 Å². The maximum atomic E-state index is 10.8. The number of H-pyrrole nitrogens is 1. The smallest absolute Gasteiger partial charge is 0.288 e. The van der Waals surface area contributed by atoms with Crippen LogP contribution in [0.1, 0.15) is 5.56 Å². The van der Waals surface area contributed by atoms with Crippen LogP contribution < -0.4 is 0 Å². The largest absolute Gasteiger partial charge is 0.494 e. The molecule has 0 saturated carbocycles. The number of aromatic amines is 1. The van der Waals surface area contributed by atoms with Gasteiger partial charge in [0.2, 0.25) is 0 Å². The third kappa shape index (κ3) is 2.40. The Morgan fingerprint density at radius 3 is 2.79 bits per heavy atom. The topological polar surface area (TPSA) is 103 Å². The summed E-state index contributed by atoms with van der Waals surface area (Å²) in [6.45, 7) is 0. The van der Waals surface area contributed by atoms with Gasteiger partial charge in [0, 0.05) is 23.2 Å². The summed E-state index contributed by atoms with van der Waals surface area (Å²) in [6, 6.07) is 2.60. The van der Waals surface area contributed by atoms with Crippen molar-refractivity contribution in [3.8, 4) is 5.88 Å². The first kappa shape index (κ1) is 13.4. The van der Waals surface area contributed by atoms with Crippen LogP contribution in [0.2, 0.25) is 5.02 Å². The Bertz CT molecular complexity index is 722. The number of nitro groups is 1. The Morgan fingerprint density at radius 2 is 2.21 bits per heavy atom. The first-order valence-electron chi connectivity index (χ1n) is 5.00. The SMILES string of the molecule is N=C/C(Cl)=C\c1c(O)[nH]c2cc(Cl)c([N+](=O)[O-])cc12. The van der Waals surface area contributed by atoms with Crippen LogP contribution in [0.4, 0.5) is 5.69 Å². The van der Waals surface area contributed by atoms with Gasteiger partial charge >= 0.3 is 0 Å². The molecule has 0 saturated heterocycles. The van der Waals surface area contributed by atoms with Crippen molar-refractivity contribution in [1.82, 2.24) is 4.98 Å². The van der Waals surface area contributed by atoms with Crippen molar-refractivity contribution < 1.29 is 10.0 Å². The van der Waals surface area contributed by atoms with E-state index in [0.29, 0.717) is 10.9 Å². The van der Waals surface area contributed by atoms with Crippen LogP contribution in [0.15, 0.2) is 17.2 Å². The molecule has 0 aliphatic rings. The zero-order valence-electron chi connectivity index (χ0n) is 9.28. The summed E-state index contributed by atoms with van der Waals surface area (Å²) in [5.74, 6) is -0.202. The van der Waals surface area contributed by atoms with Gasteiger partial charge < -0.3 is 15.5 Å². The fourth-order valence-electron chi connectivity index (χ4n) is 1.68. The minimum atomic E-state index is -0.614. The van der Waals surface area contributed by atoms with Gasteiger partial charge in [0.25, 0.3) is 5.69 Å². The Balaban J connectivity index is 2.78. The number of nitro benzene ring substituents is 1. The lowest BCUT2D eigenvalue weighted by molar-refractivity contribution is -0.384. The summed E-state index contributed by atoms with van der Waals surface area (Å²) in [6.07, 6.45) is 2.23. The molecule has 0 unspecified atom stereocenters. The summed E-state index contributed by atoms with van der Waals surface area (Å²) in [5, 5.41) is 28.0. The van der Waals surface area contributed by atoms with Gasteiger partial charge in [-0.15, -0.1) is 0 Å². The monoisotopic (exact) mass is 299 g/mol. The lowest BCUT2D eigenvalue weighted by Crippen LogP contribution is -1.89. The third-order valence-corrected chi connectivity index (χ3v) is 3.02. The van der Waals surface area contributed by atoms with Gasteiger partial charge in [-0.1, -0.05) is 23.2 Å². The second-order valence-corrected chi connectivity index (χ2v) is 4.51. The highest BCUT2D eigenvalue weighted by atomic mass is 35.5. The maximum absolute atomic E-state index is 10.8. The number of halogens is 2. The number of aromatic nitrogens is 1. The number of fused-ring (bicyclic) bond motifs is 1. The van der Waals surface area contributed by atoms with E-state index in [1.165, 1.54) is 18.2 Å². The molecule has 0 aliphatic heterocycles. The third-order valence-electron chi connectivity index (χ3n) is 2.50. The van der Waals surface area contributed by atoms with Gasteiger partial charge in [-0.25, -0.2) is 0 Å². The molecule has 2 rings (SSSR count). The minimum Gasteiger partial charge on any atom is -0.494 e. The molecule has 0 atom stereocenters. The van der Waals surface area contributed by atoms with Crippen molar-refractivity contribution in [1.29, 1.82) is 5.41 Å². The molecule has 8 heteroatoms. The van der Waals surface area contributed by atoms with Crippen LogP contribution in [-0.2, 0) is 0 Å². The van der Waals surface area contributed by atoms with Gasteiger partial charge in [0.05, 0.1) is 15.5 Å². The van der Waals surface area contributed by atoms with Crippen molar-refractivity contribution in [3.05, 3.63) is 37.9 Å². The molecule has 0 spiro atoms. The number of benzene rings is 1. The Morgan fingerprint density at radius 1 is 1.53 bits per heavy atom. The van der Waals surface area contributed by atoms with Gasteiger partial charge in [0.15, 0.2) is 5.88 Å². The highest BCUT2D eigenvalue weighted by Gasteiger charge is 2.18. The Hall–Kier alpha value is -2.05. The van der Waals surface area contributed by atoms with Crippen molar-refractivity contribution in [2.45, 2.75) is 0 Å². The molecular weight excluding hydrogens is 293 g/mol. The molecule has 98 valence electrons. The van der Waals surface area contributed by atoms with E-state index in [2.05, 4.69) is 4.98 Å². The molecular formula is C11H7Cl2N3O3. The van der Waals surface area contributed by atoms with Gasteiger partial charge in [-0.3, -0.25) is 10.1 Å². The number of nitrogens with zero attached hydrogens (tertiary/aromatic N) is 1. The van der Waals surface area contributed by atoms with Crippen LogP contribution >= 0.6 is 23.2 Å². The first-order chi connectivity index (χ1) is 8.93. The number of rotatable bonds is 3. The Kier molecular flexibility index (Phi) is 3.46. The summed E-state index contributed by atoms with van der Waals surface area (Å²) in [5.41, 5.74) is 0.436. The zero-order valence-corrected chi connectivity index (χ0v) is 10.8. The van der Waals surface area contributed by atoms with Crippen LogP contribution in [0, 0.1) is 15.5 Å². The number of aromatic hydroxyl groups is 1. The lowest BCUT2D eigenvalue weighted by atomic mass is 10.1. The van der Waals surface area contributed by atoms with Gasteiger partial charge in [-0.05, 0) is 12.1 Å². The second-order valence-electron chi connectivity index (χ2n) is 3.67. The van der Waals surface area contributed by atoms with E-state index in [-0.39, 0.29) is 27.2 Å². The average molecular weight is 300 g/mol. The average Bonchev–Trinajstić information content (AvgIpc) is 2.63. The zero-order chi connectivity index (χ0) is 14.2. The summed E-state index contributed by atoms with van der Waals surface area (Å²) >= 11 is 11.5. The van der Waals surface area contributed by atoms with Crippen molar-refractivity contribution in [3.63, 3.8) is 0 Å².